The number of nitrogens with one attached hydrogen (secondary N) is 1. The lowest BCUT2D eigenvalue weighted by molar-refractivity contribution is 0.0824. The minimum atomic E-state index is -0.195. The van der Waals surface area contributed by atoms with Gasteiger partial charge in [-0.2, -0.15) is 0 Å². The minimum absolute atomic E-state index is 0.163. The highest BCUT2D eigenvalue weighted by Crippen LogP contribution is 2.33. The van der Waals surface area contributed by atoms with Gasteiger partial charge in [-0.3, -0.25) is 4.79 Å². The average Bonchev–Trinajstić information content (AvgIpc) is 2.58. The lowest BCUT2D eigenvalue weighted by Crippen LogP contribution is -2.54. The van der Waals surface area contributed by atoms with Crippen LogP contribution in [0.1, 0.15) is 35.6 Å². The van der Waals surface area contributed by atoms with Crippen LogP contribution in [-0.2, 0) is 0 Å². The second-order valence-corrected chi connectivity index (χ2v) is 4.40. The number of rotatable bonds is 3. The van der Waals surface area contributed by atoms with Gasteiger partial charge in [-0.1, -0.05) is 0 Å². The van der Waals surface area contributed by atoms with Gasteiger partial charge in [-0.05, 0) is 38.3 Å². The van der Waals surface area contributed by atoms with Gasteiger partial charge in [-0.15, -0.1) is 11.6 Å². The number of hydrogen-bond donors (Lipinski definition) is 1. The Kier molecular flexibility index (Phi) is 2.74. The van der Waals surface area contributed by atoms with Crippen molar-refractivity contribution >= 4 is 17.5 Å². The van der Waals surface area contributed by atoms with Gasteiger partial charge in [0.1, 0.15) is 5.76 Å². The number of carbonyl (C=O) groups is 1. The minimum Gasteiger partial charge on any atom is -0.456 e. The van der Waals surface area contributed by atoms with Gasteiger partial charge in [0.2, 0.25) is 0 Å². The molecule has 2 rings (SSSR count). The molecule has 4 heteroatoms. The third-order valence-corrected chi connectivity index (χ3v) is 3.42. The van der Waals surface area contributed by atoms with Crippen molar-refractivity contribution in [2.75, 3.05) is 5.88 Å². The van der Waals surface area contributed by atoms with E-state index in [0.29, 0.717) is 11.6 Å². The average molecular weight is 228 g/mol. The van der Waals surface area contributed by atoms with Gasteiger partial charge in [0.15, 0.2) is 5.76 Å². The molecule has 1 N–H and O–H groups in total. The third kappa shape index (κ3) is 2.02. The first-order chi connectivity index (χ1) is 7.15. The lowest BCUT2D eigenvalue weighted by Gasteiger charge is -2.40. The Balaban J connectivity index is 2.03. The summed E-state index contributed by atoms with van der Waals surface area (Å²) in [6.07, 6.45) is 3.05. The zero-order valence-electron chi connectivity index (χ0n) is 8.68. The van der Waals surface area contributed by atoms with Gasteiger partial charge in [0.25, 0.3) is 5.91 Å². The molecule has 0 radical (unpaired) electrons. The van der Waals surface area contributed by atoms with Gasteiger partial charge in [0, 0.05) is 5.88 Å². The Hall–Kier alpha value is -0.960. The maximum Gasteiger partial charge on any atom is 0.287 e. The van der Waals surface area contributed by atoms with E-state index in [1.54, 1.807) is 12.1 Å². The molecule has 15 heavy (non-hydrogen) atoms. The Morgan fingerprint density at radius 3 is 2.73 bits per heavy atom. The number of furan rings is 1. The SMILES string of the molecule is Cc1ccc(C(=O)NC2(CCl)CCC2)o1. The highest BCUT2D eigenvalue weighted by atomic mass is 35.5. The zero-order valence-corrected chi connectivity index (χ0v) is 9.43. The van der Waals surface area contributed by atoms with Gasteiger partial charge >= 0.3 is 0 Å². The van der Waals surface area contributed by atoms with Crippen molar-refractivity contribution in [3.05, 3.63) is 23.7 Å². The molecule has 82 valence electrons. The molecule has 1 amide bonds. The van der Waals surface area contributed by atoms with Crippen molar-refractivity contribution in [3.63, 3.8) is 0 Å². The first kappa shape index (κ1) is 10.6. The molecule has 1 aliphatic carbocycles. The predicted octanol–water partition coefficient (Wildman–Crippen LogP) is 2.48. The number of hydrogen-bond acceptors (Lipinski definition) is 2. The molecule has 0 atom stereocenters. The van der Waals surface area contributed by atoms with Crippen LogP contribution in [0.3, 0.4) is 0 Å². The summed E-state index contributed by atoms with van der Waals surface area (Å²) >= 11 is 5.85. The van der Waals surface area contributed by atoms with Crippen LogP contribution in [-0.4, -0.2) is 17.3 Å². The van der Waals surface area contributed by atoms with Gasteiger partial charge < -0.3 is 9.73 Å². The highest BCUT2D eigenvalue weighted by Gasteiger charge is 2.38. The summed E-state index contributed by atoms with van der Waals surface area (Å²) in [6.45, 7) is 1.82. The number of halogens is 1. The summed E-state index contributed by atoms with van der Waals surface area (Å²) in [7, 11) is 0. The highest BCUT2D eigenvalue weighted by molar-refractivity contribution is 6.19. The second-order valence-electron chi connectivity index (χ2n) is 4.13. The van der Waals surface area contributed by atoms with E-state index >= 15 is 0 Å². The largest absolute Gasteiger partial charge is 0.456 e. The fourth-order valence-corrected chi connectivity index (χ4v) is 2.09. The third-order valence-electron chi connectivity index (χ3n) is 2.91. The van der Waals surface area contributed by atoms with Crippen LogP contribution < -0.4 is 5.32 Å². The van der Waals surface area contributed by atoms with Crippen LogP contribution in [0, 0.1) is 6.92 Å². The number of aryl methyl sites for hydroxylation is 1. The summed E-state index contributed by atoms with van der Waals surface area (Å²) in [4.78, 5) is 11.8. The fraction of sp³-hybridized carbons (Fsp3) is 0.545. The second kappa shape index (κ2) is 3.89. The monoisotopic (exact) mass is 227 g/mol. The Labute approximate surface area is 93.8 Å². The molecule has 0 spiro atoms. The van der Waals surface area contributed by atoms with E-state index in [1.807, 2.05) is 6.92 Å². The first-order valence-corrected chi connectivity index (χ1v) is 5.64. The molecule has 3 nitrogen and oxygen atoms in total. The van der Waals surface area contributed by atoms with E-state index in [4.69, 9.17) is 16.0 Å². The van der Waals surface area contributed by atoms with E-state index in [0.717, 1.165) is 25.0 Å². The molecular formula is C11H14ClNO2. The van der Waals surface area contributed by atoms with Crippen molar-refractivity contribution in [3.8, 4) is 0 Å². The lowest BCUT2D eigenvalue weighted by atomic mass is 9.78. The fourth-order valence-electron chi connectivity index (χ4n) is 1.75. The first-order valence-electron chi connectivity index (χ1n) is 5.10. The molecule has 0 aliphatic heterocycles. The number of amides is 1. The van der Waals surface area contributed by atoms with Crippen molar-refractivity contribution in [2.24, 2.45) is 0 Å². The number of carbonyl (C=O) groups excluding carboxylic acids is 1. The molecular weight excluding hydrogens is 214 g/mol. The standard InChI is InChI=1S/C11H14ClNO2/c1-8-3-4-9(15-8)10(14)13-11(7-12)5-2-6-11/h3-4H,2,5-7H2,1H3,(H,13,14). The molecule has 0 saturated heterocycles. The van der Waals surface area contributed by atoms with Crippen LogP contribution >= 0.6 is 11.6 Å². The van der Waals surface area contributed by atoms with Gasteiger partial charge in [-0.25, -0.2) is 0 Å². The summed E-state index contributed by atoms with van der Waals surface area (Å²) in [5.74, 6) is 1.42. The molecule has 1 fully saturated rings. The zero-order chi connectivity index (χ0) is 10.9. The van der Waals surface area contributed by atoms with E-state index in [2.05, 4.69) is 5.32 Å². The van der Waals surface area contributed by atoms with Crippen LogP contribution in [0.25, 0.3) is 0 Å². The summed E-state index contributed by atoms with van der Waals surface area (Å²) in [5, 5.41) is 2.94. The maximum absolute atomic E-state index is 11.8. The van der Waals surface area contributed by atoms with Crippen molar-refractivity contribution in [1.29, 1.82) is 0 Å². The van der Waals surface area contributed by atoms with Crippen molar-refractivity contribution in [2.45, 2.75) is 31.7 Å². The molecule has 1 aromatic heterocycles. The summed E-state index contributed by atoms with van der Waals surface area (Å²) in [5.41, 5.74) is -0.195. The normalized spacial score (nSPS) is 18.3. The molecule has 1 aliphatic rings. The molecule has 0 aromatic carbocycles. The summed E-state index contributed by atoms with van der Waals surface area (Å²) < 4.78 is 5.25. The van der Waals surface area contributed by atoms with E-state index in [9.17, 15) is 4.79 Å². The van der Waals surface area contributed by atoms with E-state index in [1.165, 1.54) is 0 Å². The maximum atomic E-state index is 11.8. The number of alkyl halides is 1. The summed E-state index contributed by atoms with van der Waals surface area (Å²) in [6, 6.07) is 3.47. The molecule has 0 bridgehead atoms. The van der Waals surface area contributed by atoms with E-state index < -0.39 is 0 Å². The van der Waals surface area contributed by atoms with Crippen molar-refractivity contribution in [1.82, 2.24) is 5.32 Å². The molecule has 1 saturated carbocycles. The topological polar surface area (TPSA) is 42.2 Å². The predicted molar refractivity (Wildman–Crippen MR) is 58.2 cm³/mol. The van der Waals surface area contributed by atoms with Crippen LogP contribution in [0.2, 0.25) is 0 Å². The smallest absolute Gasteiger partial charge is 0.287 e. The Bertz CT molecular complexity index is 363. The van der Waals surface area contributed by atoms with Crippen LogP contribution in [0.15, 0.2) is 16.5 Å². The van der Waals surface area contributed by atoms with Crippen LogP contribution in [0.4, 0.5) is 0 Å². The Morgan fingerprint density at radius 2 is 2.33 bits per heavy atom. The quantitative estimate of drug-likeness (QED) is 0.807. The molecule has 1 aromatic rings. The Morgan fingerprint density at radius 1 is 1.60 bits per heavy atom. The van der Waals surface area contributed by atoms with Crippen LogP contribution in [0.5, 0.6) is 0 Å². The van der Waals surface area contributed by atoms with E-state index in [-0.39, 0.29) is 11.4 Å². The molecule has 1 heterocycles. The molecule has 0 unspecified atom stereocenters. The van der Waals surface area contributed by atoms with Gasteiger partial charge in [0.05, 0.1) is 5.54 Å². The van der Waals surface area contributed by atoms with Crippen molar-refractivity contribution < 1.29 is 9.21 Å².